The van der Waals surface area contributed by atoms with Crippen molar-refractivity contribution in [3.05, 3.63) is 0 Å². The molecule has 0 aromatic heterocycles. The first kappa shape index (κ1) is 15.8. The summed E-state index contributed by atoms with van der Waals surface area (Å²) in [5.74, 6) is 0.738. The van der Waals surface area contributed by atoms with Crippen molar-refractivity contribution >= 4 is 5.91 Å². The minimum Gasteiger partial charge on any atom is -0.352 e. The molecular weight excluding hydrogens is 250 g/mol. The van der Waals surface area contributed by atoms with Gasteiger partial charge in [0.1, 0.15) is 0 Å². The van der Waals surface area contributed by atoms with Crippen LogP contribution in [0.4, 0.5) is 0 Å². The first-order chi connectivity index (χ1) is 9.47. The SMILES string of the molecule is CC(C)C(=O)NC(CN1CCN(C2CC2)CC1)C(C)C. The molecular formula is C16H31N3O. The zero-order chi connectivity index (χ0) is 14.7. The Bertz CT molecular complexity index is 318. The van der Waals surface area contributed by atoms with Crippen molar-refractivity contribution in [1.29, 1.82) is 0 Å². The summed E-state index contributed by atoms with van der Waals surface area (Å²) in [5, 5.41) is 3.22. The van der Waals surface area contributed by atoms with Gasteiger partial charge < -0.3 is 5.32 Å². The number of rotatable bonds is 6. The lowest BCUT2D eigenvalue weighted by molar-refractivity contribution is -0.125. The van der Waals surface area contributed by atoms with Crippen LogP contribution in [-0.2, 0) is 4.79 Å². The van der Waals surface area contributed by atoms with E-state index in [1.54, 1.807) is 0 Å². The topological polar surface area (TPSA) is 35.6 Å². The summed E-state index contributed by atoms with van der Waals surface area (Å²) < 4.78 is 0. The number of nitrogens with zero attached hydrogens (tertiary/aromatic N) is 2. The quantitative estimate of drug-likeness (QED) is 0.802. The van der Waals surface area contributed by atoms with Crippen LogP contribution in [0, 0.1) is 11.8 Å². The first-order valence-electron chi connectivity index (χ1n) is 8.24. The van der Waals surface area contributed by atoms with E-state index in [1.165, 1.54) is 25.9 Å². The number of hydrogen-bond acceptors (Lipinski definition) is 3. The van der Waals surface area contributed by atoms with Crippen LogP contribution in [0.25, 0.3) is 0 Å². The molecule has 0 radical (unpaired) electrons. The highest BCUT2D eigenvalue weighted by molar-refractivity contribution is 5.78. The van der Waals surface area contributed by atoms with E-state index < -0.39 is 0 Å². The van der Waals surface area contributed by atoms with Gasteiger partial charge in [0.05, 0.1) is 0 Å². The molecule has 1 aliphatic carbocycles. The summed E-state index contributed by atoms with van der Waals surface area (Å²) in [5.41, 5.74) is 0. The Balaban J connectivity index is 1.77. The van der Waals surface area contributed by atoms with Gasteiger partial charge in [0.15, 0.2) is 0 Å². The Morgan fingerprint density at radius 3 is 2.15 bits per heavy atom. The number of amides is 1. The maximum Gasteiger partial charge on any atom is 0.222 e. The highest BCUT2D eigenvalue weighted by Crippen LogP contribution is 2.27. The van der Waals surface area contributed by atoms with E-state index >= 15 is 0 Å². The molecule has 1 atom stereocenters. The standard InChI is InChI=1S/C16H31N3O/c1-12(2)15(17-16(20)13(3)4)11-18-7-9-19(10-8-18)14-5-6-14/h12-15H,5-11H2,1-4H3,(H,17,20). The molecule has 0 spiro atoms. The average Bonchev–Trinajstić information content (AvgIpc) is 3.22. The summed E-state index contributed by atoms with van der Waals surface area (Å²) in [6.07, 6.45) is 2.80. The third-order valence-corrected chi connectivity index (χ3v) is 4.58. The van der Waals surface area contributed by atoms with Gasteiger partial charge in [0.2, 0.25) is 5.91 Å². The van der Waals surface area contributed by atoms with Gasteiger partial charge in [0.25, 0.3) is 0 Å². The van der Waals surface area contributed by atoms with Gasteiger partial charge in [-0.15, -0.1) is 0 Å². The minimum absolute atomic E-state index is 0.0722. The molecule has 0 aromatic rings. The van der Waals surface area contributed by atoms with Gasteiger partial charge >= 0.3 is 0 Å². The maximum absolute atomic E-state index is 11.9. The Labute approximate surface area is 123 Å². The molecule has 2 aliphatic rings. The number of nitrogens with one attached hydrogen (secondary N) is 1. The van der Waals surface area contributed by atoms with Crippen molar-refractivity contribution in [2.75, 3.05) is 32.7 Å². The maximum atomic E-state index is 11.9. The zero-order valence-corrected chi connectivity index (χ0v) is 13.6. The summed E-state index contributed by atoms with van der Waals surface area (Å²) in [6, 6.07) is 1.16. The third kappa shape index (κ3) is 4.45. The van der Waals surface area contributed by atoms with Crippen molar-refractivity contribution < 1.29 is 4.79 Å². The van der Waals surface area contributed by atoms with E-state index in [-0.39, 0.29) is 17.9 Å². The molecule has 2 rings (SSSR count). The van der Waals surface area contributed by atoms with Crippen molar-refractivity contribution in [1.82, 2.24) is 15.1 Å². The number of piperazine rings is 1. The minimum atomic E-state index is 0.0722. The van der Waals surface area contributed by atoms with E-state index in [2.05, 4.69) is 29.0 Å². The van der Waals surface area contributed by atoms with Crippen LogP contribution in [0.15, 0.2) is 0 Å². The summed E-state index contributed by atoms with van der Waals surface area (Å²) >= 11 is 0. The van der Waals surface area contributed by atoms with Crippen LogP contribution < -0.4 is 5.32 Å². The van der Waals surface area contributed by atoms with Crippen LogP contribution in [0.3, 0.4) is 0 Å². The van der Waals surface area contributed by atoms with E-state index in [1.807, 2.05) is 13.8 Å². The van der Waals surface area contributed by atoms with Gasteiger partial charge in [-0.2, -0.15) is 0 Å². The molecule has 1 saturated heterocycles. The third-order valence-electron chi connectivity index (χ3n) is 4.58. The van der Waals surface area contributed by atoms with Crippen LogP contribution in [-0.4, -0.2) is 60.5 Å². The fourth-order valence-electron chi connectivity index (χ4n) is 2.80. The number of carbonyl (C=O) groups is 1. The monoisotopic (exact) mass is 281 g/mol. The molecule has 2 fully saturated rings. The molecule has 0 bridgehead atoms. The molecule has 116 valence electrons. The highest BCUT2D eigenvalue weighted by atomic mass is 16.1. The van der Waals surface area contributed by atoms with E-state index in [9.17, 15) is 4.79 Å². The number of carbonyl (C=O) groups excluding carboxylic acids is 1. The second-order valence-corrected chi connectivity index (χ2v) is 7.08. The predicted molar refractivity (Wildman–Crippen MR) is 82.6 cm³/mol. The lowest BCUT2D eigenvalue weighted by Crippen LogP contribution is -2.53. The second-order valence-electron chi connectivity index (χ2n) is 7.08. The van der Waals surface area contributed by atoms with Crippen LogP contribution in [0.2, 0.25) is 0 Å². The molecule has 1 amide bonds. The molecule has 1 heterocycles. The lowest BCUT2D eigenvalue weighted by atomic mass is 10.0. The molecule has 4 heteroatoms. The fraction of sp³-hybridized carbons (Fsp3) is 0.938. The van der Waals surface area contributed by atoms with Crippen LogP contribution >= 0.6 is 0 Å². The Kier molecular flexibility index (Phi) is 5.44. The van der Waals surface area contributed by atoms with Gasteiger partial charge in [-0.25, -0.2) is 0 Å². The van der Waals surface area contributed by atoms with Crippen molar-refractivity contribution in [3.63, 3.8) is 0 Å². The molecule has 4 nitrogen and oxygen atoms in total. The van der Waals surface area contributed by atoms with Gasteiger partial charge in [-0.3, -0.25) is 14.6 Å². The molecule has 20 heavy (non-hydrogen) atoms. The van der Waals surface area contributed by atoms with E-state index in [0.29, 0.717) is 5.92 Å². The van der Waals surface area contributed by atoms with Crippen LogP contribution in [0.5, 0.6) is 0 Å². The van der Waals surface area contributed by atoms with Crippen molar-refractivity contribution in [2.24, 2.45) is 11.8 Å². The molecule has 0 aromatic carbocycles. The van der Waals surface area contributed by atoms with E-state index in [4.69, 9.17) is 0 Å². The molecule has 1 aliphatic heterocycles. The fourth-order valence-corrected chi connectivity index (χ4v) is 2.80. The number of hydrogen-bond donors (Lipinski definition) is 1. The summed E-state index contributed by atoms with van der Waals surface area (Å²) in [4.78, 5) is 17.1. The predicted octanol–water partition coefficient (Wildman–Crippen LogP) is 1.56. The zero-order valence-electron chi connectivity index (χ0n) is 13.6. The van der Waals surface area contributed by atoms with Gasteiger partial charge in [0, 0.05) is 50.7 Å². The smallest absolute Gasteiger partial charge is 0.222 e. The van der Waals surface area contributed by atoms with Crippen molar-refractivity contribution in [2.45, 2.75) is 52.6 Å². The average molecular weight is 281 g/mol. The molecule has 1 saturated carbocycles. The van der Waals surface area contributed by atoms with Crippen LogP contribution in [0.1, 0.15) is 40.5 Å². The first-order valence-corrected chi connectivity index (χ1v) is 8.24. The van der Waals surface area contributed by atoms with Gasteiger partial charge in [-0.1, -0.05) is 27.7 Å². The Morgan fingerprint density at radius 1 is 1.10 bits per heavy atom. The lowest BCUT2D eigenvalue weighted by Gasteiger charge is -2.37. The van der Waals surface area contributed by atoms with Crippen molar-refractivity contribution in [3.8, 4) is 0 Å². The normalized spacial score (nSPS) is 23.3. The Morgan fingerprint density at radius 2 is 1.70 bits per heavy atom. The second kappa shape index (κ2) is 6.90. The highest BCUT2D eigenvalue weighted by Gasteiger charge is 2.32. The van der Waals surface area contributed by atoms with Gasteiger partial charge in [-0.05, 0) is 18.8 Å². The molecule has 1 unspecified atom stereocenters. The Hall–Kier alpha value is -0.610. The molecule has 1 N–H and O–H groups in total. The summed E-state index contributed by atoms with van der Waals surface area (Å²) in [6.45, 7) is 14.0. The summed E-state index contributed by atoms with van der Waals surface area (Å²) in [7, 11) is 0. The largest absolute Gasteiger partial charge is 0.352 e. The van der Waals surface area contributed by atoms with E-state index in [0.717, 1.165) is 25.7 Å².